The molecule has 1 rings (SSSR count). The second kappa shape index (κ2) is 15.1. The normalized spacial score (nSPS) is 17.5. The number of aliphatic imine (C=N–C) groups is 1. The average Bonchev–Trinajstić information content (AvgIpc) is 2.91. The van der Waals surface area contributed by atoms with Crippen molar-refractivity contribution in [3.63, 3.8) is 0 Å². The van der Waals surface area contributed by atoms with Crippen LogP contribution in [0.25, 0.3) is 0 Å². The van der Waals surface area contributed by atoms with Crippen LogP contribution in [0.4, 0.5) is 0 Å². The molecule has 0 saturated heterocycles. The van der Waals surface area contributed by atoms with Gasteiger partial charge in [-0.25, -0.2) is 0 Å². The summed E-state index contributed by atoms with van der Waals surface area (Å²) in [5.41, 5.74) is 0.00602. The fraction of sp³-hybridized carbons (Fsp3) is 0.880. The van der Waals surface area contributed by atoms with Crippen molar-refractivity contribution in [2.75, 3.05) is 13.1 Å². The minimum atomic E-state index is -0.284. The Balaban J connectivity index is 1.98. The molecule has 1 aliphatic rings. The molecule has 1 unspecified atom stereocenters. The fourth-order valence-corrected chi connectivity index (χ4v) is 4.07. The zero-order chi connectivity index (χ0) is 20.7. The van der Waals surface area contributed by atoms with Crippen molar-refractivity contribution >= 4 is 5.84 Å². The number of allylic oxidation sites excluding steroid dienone is 2. The minimum Gasteiger partial charge on any atom is -0.392 e. The topological polar surface area (TPSA) is 35.8 Å². The van der Waals surface area contributed by atoms with Crippen LogP contribution >= 0.6 is 0 Å². The van der Waals surface area contributed by atoms with E-state index in [-0.39, 0.29) is 11.6 Å². The molecule has 1 aliphatic heterocycles. The summed E-state index contributed by atoms with van der Waals surface area (Å²) in [7, 11) is 0. The van der Waals surface area contributed by atoms with Gasteiger partial charge in [-0.1, -0.05) is 70.4 Å². The molecule has 3 nitrogen and oxygen atoms in total. The van der Waals surface area contributed by atoms with E-state index in [1.54, 1.807) is 0 Å². The summed E-state index contributed by atoms with van der Waals surface area (Å²) in [6, 6.07) is 0. The number of aliphatic hydroxyl groups excluding tert-OH is 1. The first-order valence-corrected chi connectivity index (χ1v) is 12.1. The van der Waals surface area contributed by atoms with Gasteiger partial charge in [-0.05, 0) is 52.9 Å². The van der Waals surface area contributed by atoms with Crippen LogP contribution in [0.2, 0.25) is 0 Å². The van der Waals surface area contributed by atoms with Gasteiger partial charge in [-0.15, -0.1) is 0 Å². The van der Waals surface area contributed by atoms with Crippen LogP contribution in [0.5, 0.6) is 0 Å². The van der Waals surface area contributed by atoms with Crippen LogP contribution in [0, 0.1) is 0 Å². The Labute approximate surface area is 175 Å². The van der Waals surface area contributed by atoms with E-state index in [0.29, 0.717) is 6.54 Å². The Hall–Kier alpha value is -0.830. The lowest BCUT2D eigenvalue weighted by molar-refractivity contribution is 0.157. The second-order valence-electron chi connectivity index (χ2n) is 9.40. The van der Waals surface area contributed by atoms with Crippen molar-refractivity contribution in [2.45, 2.75) is 129 Å². The minimum absolute atomic E-state index is 0.00602. The van der Waals surface area contributed by atoms with Crippen LogP contribution in [0.15, 0.2) is 17.1 Å². The molecule has 164 valence electrons. The van der Waals surface area contributed by atoms with E-state index in [9.17, 15) is 5.11 Å². The van der Waals surface area contributed by atoms with Crippen LogP contribution in [-0.4, -0.2) is 40.6 Å². The lowest BCUT2D eigenvalue weighted by atomic mass is 10.1. The van der Waals surface area contributed by atoms with Crippen molar-refractivity contribution in [3.8, 4) is 0 Å². The number of aliphatic hydroxyl groups is 1. The molecule has 0 saturated carbocycles. The van der Waals surface area contributed by atoms with Crippen LogP contribution in [0.3, 0.4) is 0 Å². The molecular formula is C25H48N2O. The molecular weight excluding hydrogens is 344 g/mol. The first-order chi connectivity index (χ1) is 13.4. The molecule has 0 bridgehead atoms. The maximum absolute atomic E-state index is 9.70. The number of rotatable bonds is 17. The lowest BCUT2D eigenvalue weighted by Gasteiger charge is -2.24. The SMILES string of the molecule is CCCCCCCCC=CCCCCCCCC1=NC(C)(C)CN1CC(C)O. The molecule has 0 aromatic rings. The van der Waals surface area contributed by atoms with E-state index >= 15 is 0 Å². The number of unbranched alkanes of at least 4 members (excludes halogenated alkanes) is 11. The van der Waals surface area contributed by atoms with E-state index in [0.717, 1.165) is 13.0 Å². The third-order valence-corrected chi connectivity index (χ3v) is 5.52. The number of hydrogen-bond acceptors (Lipinski definition) is 3. The number of hydrogen-bond donors (Lipinski definition) is 1. The standard InChI is InChI=1S/C25H48N2O/c1-5-6-7-8-9-10-11-12-13-14-15-16-17-18-19-20-24-26-25(3,4)22-27(24)21-23(2)28/h12-13,23,28H,5-11,14-22H2,1-4H3. The van der Waals surface area contributed by atoms with Crippen molar-refractivity contribution in [1.29, 1.82) is 0 Å². The Morgan fingerprint density at radius 1 is 0.929 bits per heavy atom. The summed E-state index contributed by atoms with van der Waals surface area (Å²) < 4.78 is 0. The molecule has 0 aromatic carbocycles. The average molecular weight is 393 g/mol. The molecule has 0 radical (unpaired) electrons. The van der Waals surface area contributed by atoms with Crippen molar-refractivity contribution in [1.82, 2.24) is 4.90 Å². The first-order valence-electron chi connectivity index (χ1n) is 12.1. The molecule has 1 atom stereocenters. The molecule has 1 N–H and O–H groups in total. The predicted molar refractivity (Wildman–Crippen MR) is 124 cm³/mol. The highest BCUT2D eigenvalue weighted by molar-refractivity contribution is 5.84. The molecule has 0 spiro atoms. The largest absolute Gasteiger partial charge is 0.392 e. The van der Waals surface area contributed by atoms with Gasteiger partial charge in [0.05, 0.1) is 17.5 Å². The van der Waals surface area contributed by atoms with Crippen LogP contribution < -0.4 is 0 Å². The molecule has 0 aromatic heterocycles. The van der Waals surface area contributed by atoms with E-state index in [4.69, 9.17) is 4.99 Å². The van der Waals surface area contributed by atoms with E-state index in [1.165, 1.54) is 89.3 Å². The summed E-state index contributed by atoms with van der Waals surface area (Å²) in [6.07, 6.45) is 23.0. The smallest absolute Gasteiger partial charge is 0.0998 e. The summed E-state index contributed by atoms with van der Waals surface area (Å²) in [5.74, 6) is 1.21. The van der Waals surface area contributed by atoms with E-state index in [1.807, 2.05) is 6.92 Å². The highest BCUT2D eigenvalue weighted by Gasteiger charge is 2.30. The van der Waals surface area contributed by atoms with Crippen LogP contribution in [-0.2, 0) is 0 Å². The van der Waals surface area contributed by atoms with Gasteiger partial charge in [0, 0.05) is 19.5 Å². The Morgan fingerprint density at radius 3 is 2.04 bits per heavy atom. The first kappa shape index (κ1) is 25.2. The van der Waals surface area contributed by atoms with Gasteiger partial charge in [0.15, 0.2) is 0 Å². The lowest BCUT2D eigenvalue weighted by Crippen LogP contribution is -2.37. The maximum atomic E-state index is 9.70. The quantitative estimate of drug-likeness (QED) is 0.216. The summed E-state index contributed by atoms with van der Waals surface area (Å²) >= 11 is 0. The zero-order valence-electron chi connectivity index (χ0n) is 19.4. The highest BCUT2D eigenvalue weighted by Crippen LogP contribution is 2.23. The van der Waals surface area contributed by atoms with E-state index in [2.05, 4.69) is 37.8 Å². The molecule has 0 fully saturated rings. The molecule has 3 heteroatoms. The van der Waals surface area contributed by atoms with Gasteiger partial charge in [0.25, 0.3) is 0 Å². The highest BCUT2D eigenvalue weighted by atomic mass is 16.3. The Morgan fingerprint density at radius 2 is 1.46 bits per heavy atom. The van der Waals surface area contributed by atoms with Gasteiger partial charge in [0.2, 0.25) is 0 Å². The number of β-amino-alcohol motifs (C(OH)–C–C–N with tert-alkyl or cyclic N) is 1. The van der Waals surface area contributed by atoms with Gasteiger partial charge < -0.3 is 10.0 Å². The number of nitrogens with zero attached hydrogens (tertiary/aromatic N) is 2. The van der Waals surface area contributed by atoms with Gasteiger partial charge >= 0.3 is 0 Å². The Kier molecular flexibility index (Phi) is 13.6. The summed E-state index contributed by atoms with van der Waals surface area (Å²) in [5, 5.41) is 9.70. The summed E-state index contributed by atoms with van der Waals surface area (Å²) in [4.78, 5) is 7.17. The molecule has 0 aliphatic carbocycles. The third kappa shape index (κ3) is 12.6. The van der Waals surface area contributed by atoms with Crippen molar-refractivity contribution in [3.05, 3.63) is 12.2 Å². The van der Waals surface area contributed by atoms with Crippen LogP contribution in [0.1, 0.15) is 118 Å². The van der Waals surface area contributed by atoms with Gasteiger partial charge in [-0.2, -0.15) is 0 Å². The van der Waals surface area contributed by atoms with Crippen molar-refractivity contribution in [2.24, 2.45) is 4.99 Å². The molecule has 0 amide bonds. The van der Waals surface area contributed by atoms with E-state index < -0.39 is 0 Å². The molecule has 1 heterocycles. The van der Waals surface area contributed by atoms with Gasteiger partial charge in [-0.3, -0.25) is 4.99 Å². The maximum Gasteiger partial charge on any atom is 0.0998 e. The summed E-state index contributed by atoms with van der Waals surface area (Å²) in [6.45, 7) is 10.2. The zero-order valence-corrected chi connectivity index (χ0v) is 19.4. The second-order valence-corrected chi connectivity index (χ2v) is 9.40. The monoisotopic (exact) mass is 392 g/mol. The van der Waals surface area contributed by atoms with Crippen molar-refractivity contribution < 1.29 is 5.11 Å². The molecule has 28 heavy (non-hydrogen) atoms. The number of amidine groups is 1. The fourth-order valence-electron chi connectivity index (χ4n) is 4.07. The third-order valence-electron chi connectivity index (χ3n) is 5.52. The predicted octanol–water partition coefficient (Wildman–Crippen LogP) is 6.90. The van der Waals surface area contributed by atoms with Gasteiger partial charge in [0.1, 0.15) is 0 Å². The Bertz CT molecular complexity index is 440.